The number of hydrogen-bond donors (Lipinski definition) is 2. The second-order valence-corrected chi connectivity index (χ2v) is 4.26. The molecule has 19 heavy (non-hydrogen) atoms. The van der Waals surface area contributed by atoms with Crippen molar-refractivity contribution >= 4 is 17.8 Å². The predicted octanol–water partition coefficient (Wildman–Crippen LogP) is 3.52. The normalized spacial score (nSPS) is 10.2. The van der Waals surface area contributed by atoms with E-state index in [1.165, 1.54) is 6.07 Å². The molecule has 0 aliphatic carbocycles. The van der Waals surface area contributed by atoms with E-state index in [0.29, 0.717) is 12.1 Å². The molecular formula is C14H12ClNO3. The van der Waals surface area contributed by atoms with Crippen LogP contribution >= 0.6 is 11.6 Å². The highest BCUT2D eigenvalue weighted by Gasteiger charge is 2.11. The average molecular weight is 278 g/mol. The molecule has 0 aromatic heterocycles. The van der Waals surface area contributed by atoms with Crippen molar-refractivity contribution in [3.63, 3.8) is 0 Å². The van der Waals surface area contributed by atoms with Gasteiger partial charge in [0.15, 0.2) is 5.75 Å². The number of rotatable bonds is 3. The Balaban J connectivity index is 2.41. The molecule has 0 radical (unpaired) electrons. The summed E-state index contributed by atoms with van der Waals surface area (Å²) in [6.07, 6.45) is -1.39. The Morgan fingerprint density at radius 1 is 1.21 bits per heavy atom. The van der Waals surface area contributed by atoms with E-state index < -0.39 is 6.16 Å². The fourth-order valence-corrected chi connectivity index (χ4v) is 2.00. The second-order valence-electron chi connectivity index (χ2n) is 3.89. The van der Waals surface area contributed by atoms with E-state index >= 15 is 0 Å². The molecule has 0 amide bonds. The average Bonchev–Trinajstić information content (AvgIpc) is 2.41. The molecule has 0 saturated carbocycles. The van der Waals surface area contributed by atoms with Crippen LogP contribution in [0, 0.1) is 0 Å². The number of carboxylic acid groups (broad SMARTS) is 1. The van der Waals surface area contributed by atoms with Gasteiger partial charge in [0.1, 0.15) is 0 Å². The molecular weight excluding hydrogens is 266 g/mol. The highest BCUT2D eigenvalue weighted by Crippen LogP contribution is 2.35. The number of carbonyl (C=O) groups is 1. The Morgan fingerprint density at radius 2 is 1.89 bits per heavy atom. The minimum absolute atomic E-state index is 0.120. The standard InChI is InChI=1S/C14H12ClNO3/c15-13-11(2-1-3-12(13)19-14(17)18)10-6-4-9(8-16)5-7-10/h1-7H,8,16H2,(H,17,18). The molecule has 0 unspecified atom stereocenters. The molecule has 2 rings (SSSR count). The molecule has 0 heterocycles. The van der Waals surface area contributed by atoms with Crippen LogP contribution in [0.25, 0.3) is 11.1 Å². The van der Waals surface area contributed by atoms with Crippen molar-refractivity contribution in [2.45, 2.75) is 6.54 Å². The van der Waals surface area contributed by atoms with Gasteiger partial charge in [-0.15, -0.1) is 0 Å². The maximum atomic E-state index is 10.6. The molecule has 0 fully saturated rings. The first-order chi connectivity index (χ1) is 9.11. The summed E-state index contributed by atoms with van der Waals surface area (Å²) in [4.78, 5) is 10.6. The van der Waals surface area contributed by atoms with Crippen LogP contribution < -0.4 is 10.5 Å². The summed E-state index contributed by atoms with van der Waals surface area (Å²) >= 11 is 6.15. The van der Waals surface area contributed by atoms with E-state index in [2.05, 4.69) is 4.74 Å². The lowest BCUT2D eigenvalue weighted by atomic mass is 10.0. The van der Waals surface area contributed by atoms with Gasteiger partial charge in [0.2, 0.25) is 0 Å². The third-order valence-corrected chi connectivity index (χ3v) is 3.05. The van der Waals surface area contributed by atoms with E-state index in [4.69, 9.17) is 22.4 Å². The van der Waals surface area contributed by atoms with Crippen molar-refractivity contribution < 1.29 is 14.6 Å². The van der Waals surface area contributed by atoms with Crippen molar-refractivity contribution in [1.82, 2.24) is 0 Å². The van der Waals surface area contributed by atoms with Crippen molar-refractivity contribution in [2.75, 3.05) is 0 Å². The van der Waals surface area contributed by atoms with Crippen molar-refractivity contribution in [3.05, 3.63) is 53.1 Å². The molecule has 0 bridgehead atoms. The summed E-state index contributed by atoms with van der Waals surface area (Å²) in [5.74, 6) is 0.120. The number of ether oxygens (including phenoxy) is 1. The van der Waals surface area contributed by atoms with Crippen LogP contribution in [0.5, 0.6) is 5.75 Å². The molecule has 0 aliphatic rings. The Hall–Kier alpha value is -2.04. The Labute approximate surface area is 115 Å². The van der Waals surface area contributed by atoms with Gasteiger partial charge in [-0.3, -0.25) is 0 Å². The Kier molecular flexibility index (Phi) is 4.04. The first-order valence-electron chi connectivity index (χ1n) is 5.60. The molecule has 0 atom stereocenters. The zero-order valence-electron chi connectivity index (χ0n) is 9.97. The van der Waals surface area contributed by atoms with E-state index in [9.17, 15) is 4.79 Å². The first-order valence-corrected chi connectivity index (χ1v) is 5.98. The largest absolute Gasteiger partial charge is 0.511 e. The highest BCUT2D eigenvalue weighted by atomic mass is 35.5. The topological polar surface area (TPSA) is 72.5 Å². The maximum absolute atomic E-state index is 10.6. The molecule has 2 aromatic rings. The second kappa shape index (κ2) is 5.73. The summed E-state index contributed by atoms with van der Waals surface area (Å²) in [7, 11) is 0. The number of halogens is 1. The van der Waals surface area contributed by atoms with Crippen molar-refractivity contribution in [1.29, 1.82) is 0 Å². The zero-order chi connectivity index (χ0) is 13.8. The smallest absolute Gasteiger partial charge is 0.449 e. The van der Waals surface area contributed by atoms with Gasteiger partial charge in [0.25, 0.3) is 0 Å². The van der Waals surface area contributed by atoms with E-state index in [0.717, 1.165) is 11.1 Å². The summed E-state index contributed by atoms with van der Waals surface area (Å²) in [6, 6.07) is 12.6. The molecule has 0 aliphatic heterocycles. The van der Waals surface area contributed by atoms with Crippen LogP contribution in [0.15, 0.2) is 42.5 Å². The van der Waals surface area contributed by atoms with Crippen LogP contribution in [-0.4, -0.2) is 11.3 Å². The third kappa shape index (κ3) is 3.05. The zero-order valence-corrected chi connectivity index (χ0v) is 10.7. The van der Waals surface area contributed by atoms with Crippen molar-refractivity contribution in [3.8, 4) is 16.9 Å². The van der Waals surface area contributed by atoms with Crippen molar-refractivity contribution in [2.24, 2.45) is 5.73 Å². The molecule has 0 saturated heterocycles. The maximum Gasteiger partial charge on any atom is 0.511 e. The van der Waals surface area contributed by atoms with Gasteiger partial charge in [-0.2, -0.15) is 0 Å². The quantitative estimate of drug-likeness (QED) is 0.665. The summed E-state index contributed by atoms with van der Waals surface area (Å²) in [6.45, 7) is 0.468. The SMILES string of the molecule is NCc1ccc(-c2cccc(OC(=O)O)c2Cl)cc1. The van der Waals surface area contributed by atoms with Gasteiger partial charge in [-0.05, 0) is 17.2 Å². The lowest BCUT2D eigenvalue weighted by Gasteiger charge is -2.09. The van der Waals surface area contributed by atoms with E-state index in [-0.39, 0.29) is 10.8 Å². The number of nitrogens with two attached hydrogens (primary N) is 1. The Morgan fingerprint density at radius 3 is 2.47 bits per heavy atom. The summed E-state index contributed by atoms with van der Waals surface area (Å²) in [5.41, 5.74) is 8.13. The Bertz CT molecular complexity index is 596. The molecule has 4 nitrogen and oxygen atoms in total. The van der Waals surface area contributed by atoms with Gasteiger partial charge < -0.3 is 15.6 Å². The minimum Gasteiger partial charge on any atom is -0.449 e. The van der Waals surface area contributed by atoms with Crippen LogP contribution in [0.3, 0.4) is 0 Å². The van der Waals surface area contributed by atoms with Crippen LogP contribution in [-0.2, 0) is 6.54 Å². The van der Waals surface area contributed by atoms with Gasteiger partial charge in [0, 0.05) is 12.1 Å². The van der Waals surface area contributed by atoms with Crippen LogP contribution in [0.1, 0.15) is 5.56 Å². The fourth-order valence-electron chi connectivity index (χ4n) is 1.73. The third-order valence-electron chi connectivity index (χ3n) is 2.66. The molecule has 3 N–H and O–H groups in total. The lowest BCUT2D eigenvalue weighted by molar-refractivity contribution is 0.144. The molecule has 0 spiro atoms. The minimum atomic E-state index is -1.39. The molecule has 5 heteroatoms. The highest BCUT2D eigenvalue weighted by molar-refractivity contribution is 6.34. The lowest BCUT2D eigenvalue weighted by Crippen LogP contribution is -2.03. The van der Waals surface area contributed by atoms with Crippen LogP contribution in [0.4, 0.5) is 4.79 Å². The monoisotopic (exact) mass is 277 g/mol. The first kappa shape index (κ1) is 13.4. The van der Waals surface area contributed by atoms with Gasteiger partial charge >= 0.3 is 6.16 Å². The van der Waals surface area contributed by atoms with E-state index in [1.54, 1.807) is 12.1 Å². The summed E-state index contributed by atoms with van der Waals surface area (Å²) in [5, 5.41) is 8.90. The van der Waals surface area contributed by atoms with Crippen LogP contribution in [0.2, 0.25) is 5.02 Å². The molecule has 98 valence electrons. The van der Waals surface area contributed by atoms with Gasteiger partial charge in [0.05, 0.1) is 5.02 Å². The predicted molar refractivity (Wildman–Crippen MR) is 73.4 cm³/mol. The summed E-state index contributed by atoms with van der Waals surface area (Å²) < 4.78 is 4.62. The van der Waals surface area contributed by atoms with Gasteiger partial charge in [-0.1, -0.05) is 48.0 Å². The van der Waals surface area contributed by atoms with E-state index in [1.807, 2.05) is 24.3 Å². The fraction of sp³-hybridized carbons (Fsp3) is 0.0714. The number of hydrogen-bond acceptors (Lipinski definition) is 3. The molecule has 2 aromatic carbocycles. The number of benzene rings is 2. The van der Waals surface area contributed by atoms with Gasteiger partial charge in [-0.25, -0.2) is 4.79 Å².